The van der Waals surface area contributed by atoms with Gasteiger partial charge in [-0.1, -0.05) is 17.7 Å². The number of carbonyl (C=O) groups is 2. The molecule has 0 unspecified atom stereocenters. The summed E-state index contributed by atoms with van der Waals surface area (Å²) in [5, 5.41) is 4.91. The molecule has 0 aliphatic rings. The summed E-state index contributed by atoms with van der Waals surface area (Å²) in [6.07, 6.45) is 1.99. The van der Waals surface area contributed by atoms with E-state index in [-0.39, 0.29) is 0 Å². The maximum Gasteiger partial charge on any atom is 0.331 e. The first kappa shape index (κ1) is 18.0. The molecule has 1 N–H and O–H groups in total. The number of nitrogens with one attached hydrogen (secondary N) is 1. The number of ether oxygens (including phenoxy) is 2. The highest BCUT2D eigenvalue weighted by Gasteiger charge is 2.17. The lowest BCUT2D eigenvalue weighted by Crippen LogP contribution is -2.29. The number of thiophene rings is 1. The molecular formula is C17H16ClNO4S. The van der Waals surface area contributed by atoms with Crippen molar-refractivity contribution in [3.8, 4) is 5.75 Å². The van der Waals surface area contributed by atoms with Gasteiger partial charge < -0.3 is 14.8 Å². The third kappa shape index (κ3) is 5.11. The Bertz CT molecular complexity index is 743. The van der Waals surface area contributed by atoms with Crippen LogP contribution in [0.4, 0.5) is 5.69 Å². The Balaban J connectivity index is 1.89. The Kier molecular flexibility index (Phi) is 6.40. The van der Waals surface area contributed by atoms with Crippen molar-refractivity contribution in [2.45, 2.75) is 13.0 Å². The van der Waals surface area contributed by atoms with E-state index < -0.39 is 18.0 Å². The largest absolute Gasteiger partial charge is 0.495 e. The van der Waals surface area contributed by atoms with Crippen molar-refractivity contribution >= 4 is 46.6 Å². The van der Waals surface area contributed by atoms with Gasteiger partial charge in [0.1, 0.15) is 5.75 Å². The molecule has 1 aromatic carbocycles. The average molecular weight is 366 g/mol. The summed E-state index contributed by atoms with van der Waals surface area (Å²) in [5.41, 5.74) is 0.489. The number of esters is 1. The number of rotatable bonds is 6. The van der Waals surface area contributed by atoms with Gasteiger partial charge in [0, 0.05) is 16.6 Å². The van der Waals surface area contributed by atoms with E-state index in [9.17, 15) is 9.59 Å². The Morgan fingerprint density at radius 1 is 1.33 bits per heavy atom. The minimum atomic E-state index is -0.939. The van der Waals surface area contributed by atoms with E-state index in [1.807, 2.05) is 17.5 Å². The summed E-state index contributed by atoms with van der Waals surface area (Å²) in [7, 11) is 1.50. The van der Waals surface area contributed by atoms with Crippen LogP contribution in [0.15, 0.2) is 41.8 Å². The second-order valence-corrected chi connectivity index (χ2v) is 6.15. The van der Waals surface area contributed by atoms with Crippen molar-refractivity contribution in [1.82, 2.24) is 0 Å². The number of hydrogen-bond donors (Lipinski definition) is 1. The van der Waals surface area contributed by atoms with Crippen molar-refractivity contribution < 1.29 is 19.1 Å². The maximum atomic E-state index is 12.1. The minimum absolute atomic E-state index is 0.374. The zero-order valence-electron chi connectivity index (χ0n) is 13.1. The first-order chi connectivity index (χ1) is 11.5. The van der Waals surface area contributed by atoms with Gasteiger partial charge in [0.15, 0.2) is 6.10 Å². The SMILES string of the molecule is COc1ccc(NC(=O)[C@@H](C)OC(=O)/C=C/c2cccs2)cc1Cl. The maximum absolute atomic E-state index is 12.1. The van der Waals surface area contributed by atoms with Crippen molar-refractivity contribution in [2.75, 3.05) is 12.4 Å². The second kappa shape index (κ2) is 8.52. The Labute approximate surface area is 148 Å². The lowest BCUT2D eigenvalue weighted by Gasteiger charge is -2.13. The molecule has 0 aliphatic carbocycles. The van der Waals surface area contributed by atoms with Gasteiger partial charge in [-0.25, -0.2) is 4.79 Å². The summed E-state index contributed by atoms with van der Waals surface area (Å²) < 4.78 is 10.1. The molecule has 24 heavy (non-hydrogen) atoms. The van der Waals surface area contributed by atoms with Gasteiger partial charge in [-0.3, -0.25) is 4.79 Å². The van der Waals surface area contributed by atoms with Crippen LogP contribution in [0.2, 0.25) is 5.02 Å². The molecule has 0 saturated carbocycles. The Morgan fingerprint density at radius 2 is 2.12 bits per heavy atom. The molecular weight excluding hydrogens is 350 g/mol. The molecule has 1 amide bonds. The molecule has 0 aliphatic heterocycles. The number of benzene rings is 1. The fourth-order valence-electron chi connectivity index (χ4n) is 1.79. The minimum Gasteiger partial charge on any atom is -0.495 e. The van der Waals surface area contributed by atoms with Crippen molar-refractivity contribution in [2.24, 2.45) is 0 Å². The molecule has 1 heterocycles. The molecule has 0 radical (unpaired) electrons. The third-order valence-electron chi connectivity index (χ3n) is 3.01. The first-order valence-electron chi connectivity index (χ1n) is 7.06. The topological polar surface area (TPSA) is 64.6 Å². The Morgan fingerprint density at radius 3 is 2.75 bits per heavy atom. The normalized spacial score (nSPS) is 12.0. The molecule has 0 fully saturated rings. The summed E-state index contributed by atoms with van der Waals surface area (Å²) in [4.78, 5) is 24.7. The van der Waals surface area contributed by atoms with E-state index in [2.05, 4.69) is 5.32 Å². The lowest BCUT2D eigenvalue weighted by molar-refractivity contribution is -0.148. The number of carbonyl (C=O) groups excluding carboxylic acids is 2. The van der Waals surface area contributed by atoms with Crippen LogP contribution in [0.1, 0.15) is 11.8 Å². The summed E-state index contributed by atoms with van der Waals surface area (Å²) in [6.45, 7) is 1.50. The molecule has 5 nitrogen and oxygen atoms in total. The van der Waals surface area contributed by atoms with E-state index in [1.54, 1.807) is 24.3 Å². The smallest absolute Gasteiger partial charge is 0.331 e. The van der Waals surface area contributed by atoms with Crippen LogP contribution in [-0.4, -0.2) is 25.1 Å². The van der Waals surface area contributed by atoms with Gasteiger partial charge in [0.25, 0.3) is 5.91 Å². The first-order valence-corrected chi connectivity index (χ1v) is 8.32. The van der Waals surface area contributed by atoms with Gasteiger partial charge in [0.05, 0.1) is 12.1 Å². The lowest BCUT2D eigenvalue weighted by atomic mass is 10.2. The van der Waals surface area contributed by atoms with E-state index in [4.69, 9.17) is 21.1 Å². The second-order valence-electron chi connectivity index (χ2n) is 4.77. The van der Waals surface area contributed by atoms with Crippen LogP contribution >= 0.6 is 22.9 Å². The summed E-state index contributed by atoms with van der Waals surface area (Å²) in [5.74, 6) is -0.527. The van der Waals surface area contributed by atoms with Crippen LogP contribution in [-0.2, 0) is 14.3 Å². The summed E-state index contributed by atoms with van der Waals surface area (Å²) >= 11 is 7.50. The number of halogens is 1. The third-order valence-corrected chi connectivity index (χ3v) is 4.14. The predicted octanol–water partition coefficient (Wildman–Crippen LogP) is 3.99. The zero-order chi connectivity index (χ0) is 17.5. The molecule has 2 rings (SSSR count). The summed E-state index contributed by atoms with van der Waals surface area (Å²) in [6, 6.07) is 8.60. The predicted molar refractivity (Wildman–Crippen MR) is 95.5 cm³/mol. The number of amides is 1. The number of methoxy groups -OCH3 is 1. The number of anilines is 1. The monoisotopic (exact) mass is 365 g/mol. The van der Waals surface area contributed by atoms with Crippen molar-refractivity contribution in [3.63, 3.8) is 0 Å². The van der Waals surface area contributed by atoms with Gasteiger partial charge in [-0.2, -0.15) is 0 Å². The van der Waals surface area contributed by atoms with Gasteiger partial charge in [-0.15, -0.1) is 11.3 Å². The van der Waals surface area contributed by atoms with Gasteiger partial charge >= 0.3 is 5.97 Å². The molecule has 126 valence electrons. The van der Waals surface area contributed by atoms with Crippen LogP contribution in [0.5, 0.6) is 5.75 Å². The Hall–Kier alpha value is -2.31. The van der Waals surface area contributed by atoms with Crippen LogP contribution in [0.25, 0.3) is 6.08 Å². The van der Waals surface area contributed by atoms with Crippen molar-refractivity contribution in [3.05, 3.63) is 51.7 Å². The zero-order valence-corrected chi connectivity index (χ0v) is 14.7. The fraction of sp³-hybridized carbons (Fsp3) is 0.176. The van der Waals surface area contributed by atoms with Gasteiger partial charge in [0.2, 0.25) is 0 Å². The molecule has 0 spiro atoms. The van der Waals surface area contributed by atoms with E-state index in [1.165, 1.54) is 31.4 Å². The van der Waals surface area contributed by atoms with Crippen LogP contribution in [0.3, 0.4) is 0 Å². The molecule has 1 atom stereocenters. The van der Waals surface area contributed by atoms with Crippen LogP contribution in [0, 0.1) is 0 Å². The molecule has 0 bridgehead atoms. The quantitative estimate of drug-likeness (QED) is 0.621. The average Bonchev–Trinajstić information content (AvgIpc) is 3.06. The van der Waals surface area contributed by atoms with E-state index in [0.717, 1.165) is 4.88 Å². The van der Waals surface area contributed by atoms with Crippen LogP contribution < -0.4 is 10.1 Å². The molecule has 7 heteroatoms. The number of hydrogen-bond acceptors (Lipinski definition) is 5. The fourth-order valence-corrected chi connectivity index (χ4v) is 2.67. The standard InChI is InChI=1S/C17H16ClNO4S/c1-11(23-16(20)8-6-13-4-3-9-24-13)17(21)19-12-5-7-15(22-2)14(18)10-12/h3-11H,1-2H3,(H,19,21)/b8-6+/t11-/m1/s1. The van der Waals surface area contributed by atoms with E-state index in [0.29, 0.717) is 16.5 Å². The highest BCUT2D eigenvalue weighted by Crippen LogP contribution is 2.27. The molecule has 2 aromatic rings. The highest BCUT2D eigenvalue weighted by molar-refractivity contribution is 7.10. The molecule has 1 aromatic heterocycles. The van der Waals surface area contributed by atoms with Gasteiger partial charge in [-0.05, 0) is 42.6 Å². The molecule has 0 saturated heterocycles. The van der Waals surface area contributed by atoms with E-state index >= 15 is 0 Å². The van der Waals surface area contributed by atoms with Crippen molar-refractivity contribution in [1.29, 1.82) is 0 Å². The highest BCUT2D eigenvalue weighted by atomic mass is 35.5.